The lowest BCUT2D eigenvalue weighted by molar-refractivity contribution is 0.282. The molecule has 0 amide bonds. The molecule has 0 aliphatic carbocycles. The van der Waals surface area contributed by atoms with Gasteiger partial charge in [0.05, 0.1) is 34.1 Å². The summed E-state index contributed by atoms with van der Waals surface area (Å²) in [6.45, 7) is 0.192. The molecule has 0 radical (unpaired) electrons. The van der Waals surface area contributed by atoms with Crippen LogP contribution in [0, 0.1) is 0 Å². The Morgan fingerprint density at radius 1 is 1.23 bits per heavy atom. The molecular weight excluding hydrogens is 374 g/mol. The van der Waals surface area contributed by atoms with Crippen LogP contribution in [-0.4, -0.2) is 28.1 Å². The number of thiocarbonyl (C=S) groups is 1. The van der Waals surface area contributed by atoms with Crippen LogP contribution in [-0.2, 0) is 23.2 Å². The van der Waals surface area contributed by atoms with Crippen molar-refractivity contribution in [2.75, 3.05) is 5.32 Å². The van der Waals surface area contributed by atoms with Crippen LogP contribution in [0.15, 0.2) is 47.4 Å². The Balaban J connectivity index is 2.01. The number of rotatable bonds is 6. The summed E-state index contributed by atoms with van der Waals surface area (Å²) in [4.78, 5) is 4.84. The summed E-state index contributed by atoms with van der Waals surface area (Å²) in [5.74, 6) is 0.492. The van der Waals surface area contributed by atoms with E-state index in [1.807, 2.05) is 10.6 Å². The number of benzene rings is 2. The van der Waals surface area contributed by atoms with Gasteiger partial charge in [-0.05, 0) is 42.0 Å². The normalized spacial score (nSPS) is 11.6. The van der Waals surface area contributed by atoms with Gasteiger partial charge < -0.3 is 20.7 Å². The summed E-state index contributed by atoms with van der Waals surface area (Å²) >= 11 is 5.02. The molecule has 0 unspecified atom stereocenters. The summed E-state index contributed by atoms with van der Waals surface area (Å²) in [6.07, 6.45) is 0. The van der Waals surface area contributed by atoms with Crippen LogP contribution < -0.4 is 16.2 Å². The maximum absolute atomic E-state index is 11.3. The van der Waals surface area contributed by atoms with Gasteiger partial charge >= 0.3 is 0 Å². The molecule has 136 valence electrons. The maximum atomic E-state index is 11.3. The molecule has 0 fully saturated rings. The molecule has 8 nitrogen and oxygen atoms in total. The SMILES string of the molecule is NC(=S)Cn1c(Nc2ccc(S(N)(=O)=O)cc2)nc2cc(CO)ccc21. The molecule has 0 saturated heterocycles. The average molecular weight is 391 g/mol. The highest BCUT2D eigenvalue weighted by molar-refractivity contribution is 7.89. The van der Waals surface area contributed by atoms with Gasteiger partial charge in [0.15, 0.2) is 0 Å². The minimum Gasteiger partial charge on any atom is -0.392 e. The second-order valence-electron chi connectivity index (χ2n) is 5.66. The fourth-order valence-corrected chi connectivity index (χ4v) is 3.19. The fraction of sp³-hybridized carbons (Fsp3) is 0.125. The molecule has 1 aromatic heterocycles. The number of aliphatic hydroxyl groups excluding tert-OH is 1. The highest BCUT2D eigenvalue weighted by Gasteiger charge is 2.13. The monoisotopic (exact) mass is 391 g/mol. The largest absolute Gasteiger partial charge is 0.392 e. The summed E-state index contributed by atoms with van der Waals surface area (Å²) in [6, 6.07) is 11.4. The van der Waals surface area contributed by atoms with Gasteiger partial charge in [-0.3, -0.25) is 0 Å². The van der Waals surface area contributed by atoms with Crippen LogP contribution in [0.5, 0.6) is 0 Å². The molecule has 26 heavy (non-hydrogen) atoms. The second-order valence-corrected chi connectivity index (χ2v) is 7.75. The second kappa shape index (κ2) is 7.00. The van der Waals surface area contributed by atoms with Crippen molar-refractivity contribution in [2.45, 2.75) is 18.0 Å². The number of hydrogen-bond donors (Lipinski definition) is 4. The van der Waals surface area contributed by atoms with Gasteiger partial charge in [0, 0.05) is 5.69 Å². The number of aromatic nitrogens is 2. The van der Waals surface area contributed by atoms with Gasteiger partial charge in [0.25, 0.3) is 0 Å². The standard InChI is InChI=1S/C16H17N5O3S2/c17-15(25)8-21-14-6-1-10(9-22)7-13(14)20-16(21)19-11-2-4-12(5-3-11)26(18,23)24/h1-7,22H,8-9H2,(H2,17,25)(H,19,20)(H2,18,23,24). The lowest BCUT2D eigenvalue weighted by Gasteiger charge is -2.10. The third-order valence-electron chi connectivity index (χ3n) is 3.75. The Morgan fingerprint density at radius 2 is 1.92 bits per heavy atom. The van der Waals surface area contributed by atoms with Crippen molar-refractivity contribution in [1.82, 2.24) is 9.55 Å². The predicted molar refractivity (Wildman–Crippen MR) is 104 cm³/mol. The smallest absolute Gasteiger partial charge is 0.238 e. The van der Waals surface area contributed by atoms with E-state index >= 15 is 0 Å². The van der Waals surface area contributed by atoms with E-state index in [-0.39, 0.29) is 18.0 Å². The lowest BCUT2D eigenvalue weighted by atomic mass is 10.2. The van der Waals surface area contributed by atoms with Crippen molar-refractivity contribution in [3.8, 4) is 0 Å². The summed E-state index contributed by atoms with van der Waals surface area (Å²) < 4.78 is 24.5. The zero-order valence-electron chi connectivity index (χ0n) is 13.6. The number of primary sulfonamides is 1. The number of anilines is 2. The summed E-state index contributed by atoms with van der Waals surface area (Å²) in [5.41, 5.74) is 8.54. The van der Waals surface area contributed by atoms with Gasteiger partial charge in [-0.2, -0.15) is 0 Å². The zero-order chi connectivity index (χ0) is 18.9. The molecular formula is C16H17N5O3S2. The number of nitrogens with zero attached hydrogens (tertiary/aromatic N) is 2. The maximum Gasteiger partial charge on any atom is 0.238 e. The minimum absolute atomic E-state index is 0.0206. The molecule has 10 heteroatoms. The average Bonchev–Trinajstić information content (AvgIpc) is 2.90. The van der Waals surface area contributed by atoms with Gasteiger partial charge in [-0.1, -0.05) is 18.3 Å². The Hall–Kier alpha value is -2.53. The Morgan fingerprint density at radius 3 is 2.50 bits per heavy atom. The summed E-state index contributed by atoms with van der Waals surface area (Å²) in [5, 5.41) is 17.5. The van der Waals surface area contributed by atoms with E-state index < -0.39 is 10.0 Å². The van der Waals surface area contributed by atoms with Crippen LogP contribution in [0.1, 0.15) is 5.56 Å². The fourth-order valence-electron chi connectivity index (χ4n) is 2.54. The molecule has 2 aromatic carbocycles. The quantitative estimate of drug-likeness (QED) is 0.464. The van der Waals surface area contributed by atoms with Gasteiger partial charge in [-0.25, -0.2) is 18.5 Å². The highest BCUT2D eigenvalue weighted by atomic mass is 32.2. The van der Waals surface area contributed by atoms with Crippen molar-refractivity contribution in [2.24, 2.45) is 10.9 Å². The lowest BCUT2D eigenvalue weighted by Crippen LogP contribution is -2.17. The van der Waals surface area contributed by atoms with Crippen LogP contribution in [0.2, 0.25) is 0 Å². The van der Waals surface area contributed by atoms with E-state index in [0.717, 1.165) is 11.1 Å². The van der Waals surface area contributed by atoms with Crippen molar-refractivity contribution in [3.63, 3.8) is 0 Å². The van der Waals surface area contributed by atoms with Gasteiger partial charge in [-0.15, -0.1) is 0 Å². The van der Waals surface area contributed by atoms with Gasteiger partial charge in [0.2, 0.25) is 16.0 Å². The number of nitrogens with one attached hydrogen (secondary N) is 1. The minimum atomic E-state index is -3.75. The molecule has 6 N–H and O–H groups in total. The van der Waals surface area contributed by atoms with E-state index in [2.05, 4.69) is 10.3 Å². The van der Waals surface area contributed by atoms with Crippen molar-refractivity contribution < 1.29 is 13.5 Å². The van der Waals surface area contributed by atoms with Crippen LogP contribution in [0.3, 0.4) is 0 Å². The zero-order valence-corrected chi connectivity index (χ0v) is 15.2. The third kappa shape index (κ3) is 3.83. The Bertz CT molecular complexity index is 1080. The number of nitrogens with two attached hydrogens (primary N) is 2. The molecule has 0 atom stereocenters. The number of fused-ring (bicyclic) bond motifs is 1. The molecule has 0 aliphatic rings. The van der Waals surface area contributed by atoms with E-state index in [4.69, 9.17) is 23.1 Å². The van der Waals surface area contributed by atoms with E-state index in [1.165, 1.54) is 12.1 Å². The molecule has 0 aliphatic heterocycles. The van der Waals surface area contributed by atoms with E-state index in [1.54, 1.807) is 24.3 Å². The van der Waals surface area contributed by atoms with Crippen LogP contribution in [0.25, 0.3) is 11.0 Å². The number of sulfonamides is 1. The topological polar surface area (TPSA) is 136 Å². The van der Waals surface area contributed by atoms with Crippen molar-refractivity contribution in [3.05, 3.63) is 48.0 Å². The molecule has 0 saturated carbocycles. The number of imidazole rings is 1. The third-order valence-corrected chi connectivity index (χ3v) is 4.81. The Labute approximate surface area is 155 Å². The van der Waals surface area contributed by atoms with Crippen LogP contribution in [0.4, 0.5) is 11.6 Å². The molecule has 1 heterocycles. The molecule has 0 spiro atoms. The van der Waals surface area contributed by atoms with Crippen molar-refractivity contribution in [1.29, 1.82) is 0 Å². The molecule has 0 bridgehead atoms. The van der Waals surface area contributed by atoms with Crippen LogP contribution >= 0.6 is 12.2 Å². The number of hydrogen-bond acceptors (Lipinski definition) is 6. The first kappa shape index (κ1) is 18.3. The van der Waals surface area contributed by atoms with Crippen molar-refractivity contribution >= 4 is 49.9 Å². The predicted octanol–water partition coefficient (Wildman–Crippen LogP) is 1.21. The first-order chi connectivity index (χ1) is 12.3. The van der Waals surface area contributed by atoms with E-state index in [9.17, 15) is 13.5 Å². The number of aliphatic hydroxyl groups is 1. The van der Waals surface area contributed by atoms with Gasteiger partial charge in [0.1, 0.15) is 0 Å². The highest BCUT2D eigenvalue weighted by Crippen LogP contribution is 2.24. The Kier molecular flexibility index (Phi) is 4.92. The first-order valence-electron chi connectivity index (χ1n) is 7.56. The molecule has 3 aromatic rings. The van der Waals surface area contributed by atoms with E-state index in [0.29, 0.717) is 22.1 Å². The first-order valence-corrected chi connectivity index (χ1v) is 9.51. The summed E-state index contributed by atoms with van der Waals surface area (Å²) in [7, 11) is -3.75. The molecule has 3 rings (SSSR count).